The van der Waals surface area contributed by atoms with E-state index >= 15 is 0 Å². The van der Waals surface area contributed by atoms with E-state index in [2.05, 4.69) is 0 Å². The number of carbonyl (C=O) groups is 2. The highest BCUT2D eigenvalue weighted by atomic mass is 16.4. The lowest BCUT2D eigenvalue weighted by Gasteiger charge is -2.17. The first-order valence-electron chi connectivity index (χ1n) is 7.60. The molecule has 2 heterocycles. The fraction of sp³-hybridized carbons (Fsp3) is 0.333. The predicted octanol–water partition coefficient (Wildman–Crippen LogP) is 2.04. The van der Waals surface area contributed by atoms with Crippen molar-refractivity contribution in [2.45, 2.75) is 38.6 Å². The van der Waals surface area contributed by atoms with E-state index in [4.69, 9.17) is 0 Å². The third-order valence-corrected chi connectivity index (χ3v) is 4.34. The second kappa shape index (κ2) is 5.79. The summed E-state index contributed by atoms with van der Waals surface area (Å²) >= 11 is 0. The molecule has 0 bridgehead atoms. The van der Waals surface area contributed by atoms with Gasteiger partial charge in [0.2, 0.25) is 5.78 Å². The molecule has 1 aromatic heterocycles. The van der Waals surface area contributed by atoms with Crippen LogP contribution in [-0.4, -0.2) is 16.3 Å². The van der Waals surface area contributed by atoms with Gasteiger partial charge in [-0.15, -0.1) is 0 Å². The number of nitrogens with zero attached hydrogens (tertiary/aromatic N) is 1. The van der Waals surface area contributed by atoms with Gasteiger partial charge in [-0.1, -0.05) is 36.8 Å². The minimum Gasteiger partial charge on any atom is -0.549 e. The Bertz CT molecular complexity index is 715. The van der Waals surface area contributed by atoms with Gasteiger partial charge in [-0.2, -0.15) is 0 Å². The van der Waals surface area contributed by atoms with Gasteiger partial charge in [0.05, 0.1) is 11.7 Å². The number of carboxylic acids is 1. The third-order valence-electron chi connectivity index (χ3n) is 4.34. The predicted molar refractivity (Wildman–Crippen MR) is 80.6 cm³/mol. The topological polar surface area (TPSA) is 62.1 Å². The van der Waals surface area contributed by atoms with Crippen LogP contribution >= 0.6 is 0 Å². The van der Waals surface area contributed by atoms with Crippen molar-refractivity contribution < 1.29 is 14.7 Å². The Morgan fingerprint density at radius 1 is 1.18 bits per heavy atom. The van der Waals surface area contributed by atoms with Crippen LogP contribution in [0.15, 0.2) is 36.4 Å². The van der Waals surface area contributed by atoms with Gasteiger partial charge in [-0.3, -0.25) is 4.79 Å². The monoisotopic (exact) mass is 296 g/mol. The van der Waals surface area contributed by atoms with E-state index < -0.39 is 11.9 Å². The Kier molecular flexibility index (Phi) is 3.84. The number of carbonyl (C=O) groups excluding carboxylic acids is 2. The van der Waals surface area contributed by atoms with E-state index in [1.54, 1.807) is 12.1 Å². The molecule has 0 spiro atoms. The Morgan fingerprint density at radius 2 is 1.91 bits per heavy atom. The van der Waals surface area contributed by atoms with Gasteiger partial charge in [-0.05, 0) is 31.4 Å². The van der Waals surface area contributed by atoms with Crippen molar-refractivity contribution in [3.63, 3.8) is 0 Å². The number of aliphatic carboxylic acids is 1. The Hall–Kier alpha value is -2.36. The second-order valence-electron chi connectivity index (χ2n) is 5.82. The summed E-state index contributed by atoms with van der Waals surface area (Å²) in [6.45, 7) is 2.55. The van der Waals surface area contributed by atoms with E-state index in [1.807, 2.05) is 35.8 Å². The zero-order chi connectivity index (χ0) is 15.7. The largest absolute Gasteiger partial charge is 0.549 e. The van der Waals surface area contributed by atoms with Crippen LogP contribution in [0.2, 0.25) is 0 Å². The number of fused-ring (bicyclic) bond motifs is 1. The maximum atomic E-state index is 12.8. The number of ketones is 1. The molecule has 1 aliphatic heterocycles. The molecule has 1 aliphatic rings. The summed E-state index contributed by atoms with van der Waals surface area (Å²) in [6, 6.07) is 10.9. The minimum atomic E-state index is -1.06. The number of carboxylic acid groups (broad SMARTS) is 1. The highest BCUT2D eigenvalue weighted by Crippen LogP contribution is 2.31. The quantitative estimate of drug-likeness (QED) is 0.814. The lowest BCUT2D eigenvalue weighted by molar-refractivity contribution is -0.308. The zero-order valence-corrected chi connectivity index (χ0v) is 12.5. The molecule has 2 aromatic rings. The van der Waals surface area contributed by atoms with E-state index in [9.17, 15) is 14.7 Å². The normalized spacial score (nSPS) is 17.6. The lowest BCUT2D eigenvalue weighted by Crippen LogP contribution is -2.30. The van der Waals surface area contributed by atoms with Crippen molar-refractivity contribution in [3.05, 3.63) is 58.9 Å². The van der Waals surface area contributed by atoms with Crippen LogP contribution in [0.1, 0.15) is 52.5 Å². The summed E-state index contributed by atoms with van der Waals surface area (Å²) in [7, 11) is 0. The van der Waals surface area contributed by atoms with Gasteiger partial charge in [-0.25, -0.2) is 0 Å². The summed E-state index contributed by atoms with van der Waals surface area (Å²) in [5.41, 5.74) is 2.77. The molecule has 3 rings (SSSR count). The van der Waals surface area contributed by atoms with E-state index in [-0.39, 0.29) is 5.78 Å². The molecule has 4 nitrogen and oxygen atoms in total. The SMILES string of the molecule is Cc1cc2n(c1C(=O)c1ccccc1)CCCCC2C(=O)[O-]. The summed E-state index contributed by atoms with van der Waals surface area (Å²) < 4.78 is 1.89. The van der Waals surface area contributed by atoms with Crippen LogP contribution in [0.25, 0.3) is 0 Å². The summed E-state index contributed by atoms with van der Waals surface area (Å²) in [4.78, 5) is 24.2. The van der Waals surface area contributed by atoms with Gasteiger partial charge < -0.3 is 14.5 Å². The average molecular weight is 296 g/mol. The van der Waals surface area contributed by atoms with Gasteiger partial charge in [0, 0.05) is 23.7 Å². The van der Waals surface area contributed by atoms with Crippen LogP contribution in [0, 0.1) is 6.92 Å². The molecule has 1 atom stereocenters. The van der Waals surface area contributed by atoms with Crippen molar-refractivity contribution in [2.75, 3.05) is 0 Å². The van der Waals surface area contributed by atoms with Crippen LogP contribution in [0.5, 0.6) is 0 Å². The molecule has 4 heteroatoms. The molecule has 0 amide bonds. The molecular weight excluding hydrogens is 278 g/mol. The highest BCUT2D eigenvalue weighted by Gasteiger charge is 2.26. The highest BCUT2D eigenvalue weighted by molar-refractivity contribution is 6.09. The first kappa shape index (κ1) is 14.6. The molecule has 0 aliphatic carbocycles. The van der Waals surface area contributed by atoms with Gasteiger partial charge in [0.1, 0.15) is 0 Å². The number of aryl methyl sites for hydroxylation is 1. The van der Waals surface area contributed by atoms with Crippen LogP contribution in [0.4, 0.5) is 0 Å². The van der Waals surface area contributed by atoms with Gasteiger partial charge in [0.25, 0.3) is 0 Å². The molecule has 22 heavy (non-hydrogen) atoms. The standard InChI is InChI=1S/C18H19NO3/c1-12-11-15-14(18(21)22)9-5-6-10-19(15)16(12)17(20)13-7-3-2-4-8-13/h2-4,7-8,11,14H,5-6,9-10H2,1H3,(H,21,22)/p-1. The first-order valence-corrected chi connectivity index (χ1v) is 7.60. The number of benzene rings is 1. The maximum absolute atomic E-state index is 12.8. The molecule has 0 N–H and O–H groups in total. The molecule has 1 unspecified atom stereocenters. The zero-order valence-electron chi connectivity index (χ0n) is 12.5. The van der Waals surface area contributed by atoms with E-state index in [0.717, 1.165) is 18.4 Å². The van der Waals surface area contributed by atoms with E-state index in [1.165, 1.54) is 0 Å². The van der Waals surface area contributed by atoms with Gasteiger partial charge in [0.15, 0.2) is 0 Å². The Balaban J connectivity index is 2.10. The summed E-state index contributed by atoms with van der Waals surface area (Å²) in [5.74, 6) is -1.73. The summed E-state index contributed by atoms with van der Waals surface area (Å²) in [5, 5.41) is 11.4. The molecule has 0 saturated carbocycles. The lowest BCUT2D eigenvalue weighted by atomic mass is 9.99. The van der Waals surface area contributed by atoms with Crippen molar-refractivity contribution in [1.29, 1.82) is 0 Å². The van der Waals surface area contributed by atoms with Crippen molar-refractivity contribution in [2.24, 2.45) is 0 Å². The number of hydrogen-bond donors (Lipinski definition) is 0. The van der Waals surface area contributed by atoms with Crippen molar-refractivity contribution in [1.82, 2.24) is 4.57 Å². The van der Waals surface area contributed by atoms with Crippen molar-refractivity contribution in [3.8, 4) is 0 Å². The average Bonchev–Trinajstić information content (AvgIpc) is 2.69. The van der Waals surface area contributed by atoms with Crippen molar-refractivity contribution >= 4 is 11.8 Å². The smallest absolute Gasteiger partial charge is 0.209 e. The number of hydrogen-bond acceptors (Lipinski definition) is 3. The summed E-state index contributed by atoms with van der Waals surface area (Å²) in [6.07, 6.45) is 2.28. The Morgan fingerprint density at radius 3 is 2.59 bits per heavy atom. The van der Waals surface area contributed by atoms with Crippen LogP contribution < -0.4 is 5.11 Å². The van der Waals surface area contributed by atoms with Crippen LogP contribution in [0.3, 0.4) is 0 Å². The molecule has 1 aromatic carbocycles. The minimum absolute atomic E-state index is 0.0525. The molecule has 114 valence electrons. The maximum Gasteiger partial charge on any atom is 0.209 e. The fourth-order valence-electron chi connectivity index (χ4n) is 3.27. The number of rotatable bonds is 3. The first-order chi connectivity index (χ1) is 10.6. The second-order valence-corrected chi connectivity index (χ2v) is 5.82. The molecule has 0 saturated heterocycles. The Labute approximate surface area is 129 Å². The molecule has 0 fully saturated rings. The number of aromatic nitrogens is 1. The van der Waals surface area contributed by atoms with E-state index in [0.29, 0.717) is 29.9 Å². The molecule has 0 radical (unpaired) electrons. The molecular formula is C18H18NO3-. The van der Waals surface area contributed by atoms with Crippen LogP contribution in [-0.2, 0) is 11.3 Å². The third kappa shape index (κ3) is 2.45. The fourth-order valence-corrected chi connectivity index (χ4v) is 3.27. The van der Waals surface area contributed by atoms with Gasteiger partial charge >= 0.3 is 0 Å².